The summed E-state index contributed by atoms with van der Waals surface area (Å²) in [6.07, 6.45) is 4.68. The minimum absolute atomic E-state index is 0.0302. The first-order valence-electron chi connectivity index (χ1n) is 6.79. The highest BCUT2D eigenvalue weighted by atomic mass is 32.2. The van der Waals surface area contributed by atoms with Crippen molar-refractivity contribution in [3.63, 3.8) is 0 Å². The molecule has 1 amide bonds. The predicted molar refractivity (Wildman–Crippen MR) is 81.3 cm³/mol. The van der Waals surface area contributed by atoms with Crippen LogP contribution in [0.5, 0.6) is 0 Å². The van der Waals surface area contributed by atoms with Gasteiger partial charge in [-0.15, -0.1) is 23.1 Å². The molecular weight excluding hydrogens is 294 g/mol. The van der Waals surface area contributed by atoms with E-state index in [1.165, 1.54) is 11.8 Å². The fourth-order valence-corrected chi connectivity index (χ4v) is 4.26. The Balaban J connectivity index is 1.89. The van der Waals surface area contributed by atoms with Gasteiger partial charge in [0.15, 0.2) is 0 Å². The zero-order valence-corrected chi connectivity index (χ0v) is 12.9. The molecule has 0 bridgehead atoms. The van der Waals surface area contributed by atoms with Crippen molar-refractivity contribution in [1.82, 2.24) is 5.32 Å². The Kier molecular flexibility index (Phi) is 5.48. The first-order chi connectivity index (χ1) is 9.60. The summed E-state index contributed by atoms with van der Waals surface area (Å²) in [5.74, 6) is -0.549. The molecule has 0 radical (unpaired) electrons. The van der Waals surface area contributed by atoms with Gasteiger partial charge in [0.1, 0.15) is 0 Å². The number of carbonyl (C=O) groups is 2. The molecule has 2 N–H and O–H groups in total. The molecular formula is C14H19NO3S2. The number of aliphatic carboxylic acids is 1. The van der Waals surface area contributed by atoms with Gasteiger partial charge in [-0.05, 0) is 24.3 Å². The number of carboxylic acid groups (broad SMARTS) is 1. The summed E-state index contributed by atoms with van der Waals surface area (Å²) in [5, 5.41) is 14.0. The number of hydrogen-bond donors (Lipinski definition) is 2. The van der Waals surface area contributed by atoms with E-state index in [0.29, 0.717) is 5.75 Å². The number of thiophene rings is 1. The average molecular weight is 313 g/mol. The van der Waals surface area contributed by atoms with Crippen LogP contribution in [0.2, 0.25) is 0 Å². The molecule has 20 heavy (non-hydrogen) atoms. The molecule has 1 aromatic rings. The number of hydrogen-bond acceptors (Lipinski definition) is 4. The van der Waals surface area contributed by atoms with Crippen molar-refractivity contribution in [3.05, 3.63) is 17.5 Å². The van der Waals surface area contributed by atoms with Gasteiger partial charge in [0.05, 0.1) is 21.9 Å². The van der Waals surface area contributed by atoms with Crippen molar-refractivity contribution in [1.29, 1.82) is 0 Å². The number of rotatable bonds is 6. The molecule has 1 aromatic heterocycles. The van der Waals surface area contributed by atoms with E-state index in [0.717, 1.165) is 36.3 Å². The third-order valence-electron chi connectivity index (χ3n) is 3.55. The van der Waals surface area contributed by atoms with E-state index >= 15 is 0 Å². The quantitative estimate of drug-likeness (QED) is 0.792. The van der Waals surface area contributed by atoms with E-state index in [-0.39, 0.29) is 12.3 Å². The second-order valence-electron chi connectivity index (χ2n) is 5.18. The molecule has 1 heterocycles. The van der Waals surface area contributed by atoms with E-state index in [4.69, 9.17) is 5.11 Å². The number of amides is 1. The Morgan fingerprint density at radius 1 is 1.35 bits per heavy atom. The fraction of sp³-hybridized carbons (Fsp3) is 0.571. The zero-order valence-electron chi connectivity index (χ0n) is 11.3. The van der Waals surface area contributed by atoms with Gasteiger partial charge in [-0.2, -0.15) is 0 Å². The number of carboxylic acids is 1. The van der Waals surface area contributed by atoms with Crippen LogP contribution in [0.15, 0.2) is 21.7 Å². The van der Waals surface area contributed by atoms with Crippen LogP contribution in [0.1, 0.15) is 38.5 Å². The highest BCUT2D eigenvalue weighted by Crippen LogP contribution is 2.31. The Bertz CT molecular complexity index is 453. The lowest BCUT2D eigenvalue weighted by atomic mass is 9.79. The van der Waals surface area contributed by atoms with Gasteiger partial charge in [0, 0.05) is 0 Å². The van der Waals surface area contributed by atoms with Crippen LogP contribution >= 0.6 is 23.1 Å². The normalized spacial score (nSPS) is 17.6. The van der Waals surface area contributed by atoms with Crippen molar-refractivity contribution in [2.75, 3.05) is 5.75 Å². The van der Waals surface area contributed by atoms with Gasteiger partial charge < -0.3 is 10.4 Å². The minimum Gasteiger partial charge on any atom is -0.481 e. The second-order valence-corrected chi connectivity index (χ2v) is 7.40. The average Bonchev–Trinajstić information content (AvgIpc) is 2.89. The zero-order chi connectivity index (χ0) is 14.4. The molecule has 4 nitrogen and oxygen atoms in total. The Morgan fingerprint density at radius 2 is 2.10 bits per heavy atom. The molecule has 0 aromatic carbocycles. The molecule has 1 saturated carbocycles. The number of thioether (sulfide) groups is 1. The van der Waals surface area contributed by atoms with Crippen molar-refractivity contribution in [2.24, 2.45) is 0 Å². The Labute approximate surface area is 127 Å². The monoisotopic (exact) mass is 313 g/mol. The lowest BCUT2D eigenvalue weighted by Crippen LogP contribution is -2.51. The van der Waals surface area contributed by atoms with Crippen LogP contribution in [0.4, 0.5) is 0 Å². The predicted octanol–water partition coefficient (Wildman–Crippen LogP) is 3.13. The Hall–Kier alpha value is -1.01. The summed E-state index contributed by atoms with van der Waals surface area (Å²) in [4.78, 5) is 23.1. The summed E-state index contributed by atoms with van der Waals surface area (Å²) in [6, 6.07) is 3.94. The molecule has 0 saturated heterocycles. The number of nitrogens with one attached hydrogen (secondary N) is 1. The largest absolute Gasteiger partial charge is 0.481 e. The Morgan fingerprint density at radius 3 is 2.70 bits per heavy atom. The topological polar surface area (TPSA) is 66.4 Å². The summed E-state index contributed by atoms with van der Waals surface area (Å²) < 4.78 is 1.11. The van der Waals surface area contributed by atoms with Crippen molar-refractivity contribution < 1.29 is 14.7 Å². The van der Waals surface area contributed by atoms with Gasteiger partial charge in [-0.3, -0.25) is 9.59 Å². The summed E-state index contributed by atoms with van der Waals surface area (Å²) in [6.45, 7) is 0. The summed E-state index contributed by atoms with van der Waals surface area (Å²) in [7, 11) is 0. The lowest BCUT2D eigenvalue weighted by molar-refractivity contribution is -0.139. The molecule has 2 rings (SSSR count). The molecule has 6 heteroatoms. The van der Waals surface area contributed by atoms with Gasteiger partial charge in [0.25, 0.3) is 0 Å². The molecule has 0 unspecified atom stereocenters. The van der Waals surface area contributed by atoms with Gasteiger partial charge in [-0.1, -0.05) is 25.3 Å². The van der Waals surface area contributed by atoms with E-state index in [1.54, 1.807) is 11.3 Å². The summed E-state index contributed by atoms with van der Waals surface area (Å²) in [5.41, 5.74) is -0.531. The van der Waals surface area contributed by atoms with E-state index < -0.39 is 11.5 Å². The van der Waals surface area contributed by atoms with Crippen LogP contribution in [0.3, 0.4) is 0 Å². The maximum Gasteiger partial charge on any atom is 0.305 e. The van der Waals surface area contributed by atoms with Crippen LogP contribution in [-0.2, 0) is 9.59 Å². The molecule has 0 spiro atoms. The van der Waals surface area contributed by atoms with Gasteiger partial charge in [-0.25, -0.2) is 0 Å². The molecule has 1 aliphatic rings. The molecule has 1 fully saturated rings. The standard InChI is InChI=1S/C14H19NO3S2/c16-11(10-20-13-5-4-8-19-13)15-14(9-12(17)18)6-2-1-3-7-14/h4-5,8H,1-3,6-7,9-10H2,(H,15,16)(H,17,18). The first-order valence-corrected chi connectivity index (χ1v) is 8.65. The molecule has 0 atom stereocenters. The smallest absolute Gasteiger partial charge is 0.305 e. The molecule has 1 aliphatic carbocycles. The first kappa shape index (κ1) is 15.4. The minimum atomic E-state index is -0.835. The second kappa shape index (κ2) is 7.13. The van der Waals surface area contributed by atoms with E-state index in [1.807, 2.05) is 17.5 Å². The van der Waals surface area contributed by atoms with Crippen LogP contribution in [0.25, 0.3) is 0 Å². The number of carbonyl (C=O) groups excluding carboxylic acids is 1. The molecule has 110 valence electrons. The SMILES string of the molecule is O=C(O)CC1(NC(=O)CSc2cccs2)CCCCC1. The highest BCUT2D eigenvalue weighted by molar-refractivity contribution is 8.01. The van der Waals surface area contributed by atoms with Crippen LogP contribution < -0.4 is 5.32 Å². The maximum absolute atomic E-state index is 12.1. The maximum atomic E-state index is 12.1. The van der Waals surface area contributed by atoms with E-state index in [9.17, 15) is 9.59 Å². The third kappa shape index (κ3) is 4.52. The van der Waals surface area contributed by atoms with Crippen molar-refractivity contribution in [3.8, 4) is 0 Å². The van der Waals surface area contributed by atoms with Crippen LogP contribution in [0, 0.1) is 0 Å². The van der Waals surface area contributed by atoms with Crippen LogP contribution in [-0.4, -0.2) is 28.3 Å². The van der Waals surface area contributed by atoms with Gasteiger partial charge >= 0.3 is 5.97 Å². The molecule has 0 aliphatic heterocycles. The summed E-state index contributed by atoms with van der Waals surface area (Å²) >= 11 is 3.11. The highest BCUT2D eigenvalue weighted by Gasteiger charge is 2.35. The fourth-order valence-electron chi connectivity index (χ4n) is 2.68. The van der Waals surface area contributed by atoms with Gasteiger partial charge in [0.2, 0.25) is 5.91 Å². The van der Waals surface area contributed by atoms with Crippen molar-refractivity contribution in [2.45, 2.75) is 48.3 Å². The lowest BCUT2D eigenvalue weighted by Gasteiger charge is -2.37. The van der Waals surface area contributed by atoms with Crippen molar-refractivity contribution >= 4 is 35.0 Å². The van der Waals surface area contributed by atoms with E-state index in [2.05, 4.69) is 5.32 Å². The third-order valence-corrected chi connectivity index (χ3v) is 5.68.